The van der Waals surface area contributed by atoms with Crippen molar-refractivity contribution in [1.82, 2.24) is 14.7 Å². The maximum atomic E-state index is 13.2. The van der Waals surface area contributed by atoms with E-state index in [1.54, 1.807) is 26.0 Å². The van der Waals surface area contributed by atoms with Gasteiger partial charge >= 0.3 is 0 Å². The highest BCUT2D eigenvalue weighted by molar-refractivity contribution is 7.89. The van der Waals surface area contributed by atoms with Gasteiger partial charge in [-0.05, 0) is 44.4 Å². The number of anilines is 1. The fourth-order valence-electron chi connectivity index (χ4n) is 3.72. The van der Waals surface area contributed by atoms with Crippen molar-refractivity contribution in [1.29, 1.82) is 0 Å². The molecule has 3 atom stereocenters. The Morgan fingerprint density at radius 1 is 1.19 bits per heavy atom. The van der Waals surface area contributed by atoms with E-state index in [9.17, 15) is 18.0 Å². The summed E-state index contributed by atoms with van der Waals surface area (Å²) < 4.78 is 27.9. The molecule has 2 heterocycles. The summed E-state index contributed by atoms with van der Waals surface area (Å²) in [4.78, 5) is 25.3. The molecule has 1 aromatic rings. The third-order valence-electron chi connectivity index (χ3n) is 5.65. The van der Waals surface area contributed by atoms with E-state index in [1.165, 1.54) is 10.4 Å². The van der Waals surface area contributed by atoms with Gasteiger partial charge in [0, 0.05) is 25.3 Å². The van der Waals surface area contributed by atoms with Crippen molar-refractivity contribution in [3.63, 3.8) is 0 Å². The van der Waals surface area contributed by atoms with Gasteiger partial charge < -0.3 is 5.32 Å². The summed E-state index contributed by atoms with van der Waals surface area (Å²) in [5.74, 6) is -0.955. The van der Waals surface area contributed by atoms with Crippen LogP contribution in [0.25, 0.3) is 0 Å². The van der Waals surface area contributed by atoms with E-state index in [0.717, 1.165) is 30.7 Å². The third kappa shape index (κ3) is 5.34. The van der Waals surface area contributed by atoms with Crippen molar-refractivity contribution in [2.45, 2.75) is 61.2 Å². The molecule has 31 heavy (non-hydrogen) atoms. The van der Waals surface area contributed by atoms with E-state index in [1.807, 2.05) is 0 Å². The highest BCUT2D eigenvalue weighted by Crippen LogP contribution is 2.26. The molecular weight excluding hydrogens is 463 g/mol. The van der Waals surface area contributed by atoms with Crippen LogP contribution in [0.1, 0.15) is 38.2 Å². The fourth-order valence-corrected chi connectivity index (χ4v) is 5.86. The third-order valence-corrected chi connectivity index (χ3v) is 8.72. The number of carbonyl (C=O) groups is 2. The zero-order valence-corrected chi connectivity index (χ0v) is 19.9. The molecule has 172 valence electrons. The molecule has 0 saturated carbocycles. The van der Waals surface area contributed by atoms with Crippen molar-refractivity contribution in [2.24, 2.45) is 0 Å². The second-order valence-electron chi connectivity index (χ2n) is 7.95. The zero-order chi connectivity index (χ0) is 22.8. The lowest BCUT2D eigenvalue weighted by Gasteiger charge is -2.36. The van der Waals surface area contributed by atoms with Crippen LogP contribution in [0.3, 0.4) is 0 Å². The van der Waals surface area contributed by atoms with Crippen LogP contribution in [0, 0.1) is 6.92 Å². The van der Waals surface area contributed by atoms with Gasteiger partial charge in [-0.1, -0.05) is 18.9 Å². The summed E-state index contributed by atoms with van der Waals surface area (Å²) in [6, 6.07) is 3.92. The first-order chi connectivity index (χ1) is 14.6. The number of halogens is 2. The number of nitrogens with one attached hydrogen (secondary N) is 2. The minimum Gasteiger partial charge on any atom is -0.324 e. The molecule has 0 spiro atoms. The number of nitrogens with zero attached hydrogens (tertiary/aromatic N) is 2. The average Bonchev–Trinajstić information content (AvgIpc) is 3.03. The Morgan fingerprint density at radius 2 is 1.84 bits per heavy atom. The first-order valence-corrected chi connectivity index (χ1v) is 12.7. The largest absolute Gasteiger partial charge is 0.324 e. The van der Waals surface area contributed by atoms with Gasteiger partial charge in [0.05, 0.1) is 10.3 Å². The number of rotatable bonds is 5. The fraction of sp³-hybridized carbons (Fsp3) is 0.600. The number of hydrogen-bond acceptors (Lipinski definition) is 5. The molecule has 3 unspecified atom stereocenters. The van der Waals surface area contributed by atoms with Crippen LogP contribution in [0.2, 0.25) is 0 Å². The minimum atomic E-state index is -3.66. The van der Waals surface area contributed by atoms with Crippen molar-refractivity contribution in [3.05, 3.63) is 23.8 Å². The standard InChI is InChI=1S/C20H28Cl2N4O4S/c1-13-7-8-15(11-17(13)31(29,30)25-9-5-3-4-6-10-25)24-19(27)14(2)26-20(28)18(22)16(21)12-23-26/h7-8,11,14,16,18,23H,3-6,9-10,12H2,1-2H3,(H,24,27). The second-order valence-corrected chi connectivity index (χ2v) is 10.9. The van der Waals surface area contributed by atoms with Gasteiger partial charge in [-0.15, -0.1) is 23.2 Å². The number of benzene rings is 1. The van der Waals surface area contributed by atoms with E-state index < -0.39 is 38.6 Å². The molecule has 2 aliphatic heterocycles. The normalized spacial score (nSPS) is 24.5. The monoisotopic (exact) mass is 490 g/mol. The number of amides is 2. The minimum absolute atomic E-state index is 0.179. The number of carbonyl (C=O) groups excluding carboxylic acids is 2. The summed E-state index contributed by atoms with van der Waals surface area (Å²) in [5, 5.41) is 2.38. The lowest BCUT2D eigenvalue weighted by molar-refractivity contribution is -0.143. The Kier molecular flexibility index (Phi) is 7.86. The summed E-state index contributed by atoms with van der Waals surface area (Å²) in [6.07, 6.45) is 3.73. The number of sulfonamides is 1. The van der Waals surface area contributed by atoms with Crippen LogP contribution in [0.4, 0.5) is 5.69 Å². The molecule has 8 nitrogen and oxygen atoms in total. The summed E-state index contributed by atoms with van der Waals surface area (Å²) in [6.45, 7) is 4.54. The highest BCUT2D eigenvalue weighted by Gasteiger charge is 2.38. The van der Waals surface area contributed by atoms with Crippen LogP contribution in [-0.4, -0.2) is 66.0 Å². The van der Waals surface area contributed by atoms with Gasteiger partial charge in [-0.2, -0.15) is 4.31 Å². The second kappa shape index (κ2) is 10.0. The quantitative estimate of drug-likeness (QED) is 0.617. The first kappa shape index (κ1) is 24.3. The molecule has 1 aromatic carbocycles. The molecule has 2 fully saturated rings. The Labute approximate surface area is 193 Å². The Morgan fingerprint density at radius 3 is 2.48 bits per heavy atom. The molecule has 3 rings (SSSR count). The molecule has 2 N–H and O–H groups in total. The highest BCUT2D eigenvalue weighted by atomic mass is 35.5. The average molecular weight is 491 g/mol. The van der Waals surface area contributed by atoms with Gasteiger partial charge in [-0.25, -0.2) is 13.8 Å². The lowest BCUT2D eigenvalue weighted by atomic mass is 10.2. The van der Waals surface area contributed by atoms with Crippen LogP contribution >= 0.6 is 23.2 Å². The van der Waals surface area contributed by atoms with Gasteiger partial charge in [-0.3, -0.25) is 14.6 Å². The Hall–Kier alpha value is -1.39. The van der Waals surface area contributed by atoms with Gasteiger partial charge in [0.2, 0.25) is 15.9 Å². The van der Waals surface area contributed by atoms with E-state index in [0.29, 0.717) is 24.3 Å². The van der Waals surface area contributed by atoms with Gasteiger partial charge in [0.1, 0.15) is 11.4 Å². The number of hydrogen-bond donors (Lipinski definition) is 2. The summed E-state index contributed by atoms with van der Waals surface area (Å²) in [5.41, 5.74) is 3.77. The molecule has 2 saturated heterocycles. The van der Waals surface area contributed by atoms with Crippen molar-refractivity contribution >= 4 is 50.7 Å². The molecule has 0 radical (unpaired) electrons. The topological polar surface area (TPSA) is 98.8 Å². The van der Waals surface area contributed by atoms with E-state index >= 15 is 0 Å². The van der Waals surface area contributed by atoms with Crippen LogP contribution < -0.4 is 10.7 Å². The van der Waals surface area contributed by atoms with Crippen LogP contribution in [-0.2, 0) is 19.6 Å². The van der Waals surface area contributed by atoms with Crippen LogP contribution in [0.15, 0.2) is 23.1 Å². The molecule has 0 aromatic heterocycles. The van der Waals surface area contributed by atoms with E-state index in [-0.39, 0.29) is 11.4 Å². The first-order valence-electron chi connectivity index (χ1n) is 10.4. The maximum absolute atomic E-state index is 13.2. The molecule has 2 amide bonds. The van der Waals surface area contributed by atoms with E-state index in [4.69, 9.17) is 23.2 Å². The van der Waals surface area contributed by atoms with Crippen molar-refractivity contribution in [3.8, 4) is 0 Å². The SMILES string of the molecule is Cc1ccc(NC(=O)C(C)N2NCC(Cl)C(Cl)C2=O)cc1S(=O)(=O)N1CCCCCC1. The van der Waals surface area contributed by atoms with Crippen LogP contribution in [0.5, 0.6) is 0 Å². The van der Waals surface area contributed by atoms with Gasteiger partial charge in [0.25, 0.3) is 5.91 Å². The number of aryl methyl sites for hydroxylation is 1. The number of alkyl halides is 2. The predicted octanol–water partition coefficient (Wildman–Crippen LogP) is 2.45. The van der Waals surface area contributed by atoms with E-state index in [2.05, 4.69) is 10.7 Å². The molecule has 11 heteroatoms. The Bertz CT molecular complexity index is 935. The lowest BCUT2D eigenvalue weighted by Crippen LogP contribution is -2.62. The molecular formula is C20H28Cl2N4O4S. The number of hydrazine groups is 1. The molecule has 0 aliphatic carbocycles. The van der Waals surface area contributed by atoms with Gasteiger partial charge in [0.15, 0.2) is 0 Å². The molecule has 0 bridgehead atoms. The predicted molar refractivity (Wildman–Crippen MR) is 121 cm³/mol. The summed E-state index contributed by atoms with van der Waals surface area (Å²) in [7, 11) is -3.66. The Balaban J connectivity index is 1.77. The van der Waals surface area contributed by atoms with Crippen molar-refractivity contribution in [2.75, 3.05) is 25.0 Å². The summed E-state index contributed by atoms with van der Waals surface area (Å²) >= 11 is 12.0. The maximum Gasteiger partial charge on any atom is 0.257 e. The zero-order valence-electron chi connectivity index (χ0n) is 17.6. The molecule has 2 aliphatic rings. The smallest absolute Gasteiger partial charge is 0.257 e. The van der Waals surface area contributed by atoms with Crippen molar-refractivity contribution < 1.29 is 18.0 Å².